The number of nitrogens with zero attached hydrogens (tertiary/aromatic N) is 3. The molecule has 5 nitrogen and oxygen atoms in total. The molecule has 1 saturated carbocycles. The smallest absolute Gasteiger partial charge is 0.316 e. The first kappa shape index (κ1) is 18.2. The summed E-state index contributed by atoms with van der Waals surface area (Å²) >= 11 is 0. The maximum atomic E-state index is 13.4. The lowest BCUT2D eigenvalue weighted by atomic mass is 9.80. The number of rotatable bonds is 3. The van der Waals surface area contributed by atoms with E-state index in [2.05, 4.69) is 6.07 Å². The molecule has 5 heteroatoms. The van der Waals surface area contributed by atoms with Crippen LogP contribution in [0.25, 0.3) is 0 Å². The van der Waals surface area contributed by atoms with E-state index in [4.69, 9.17) is 0 Å². The summed E-state index contributed by atoms with van der Waals surface area (Å²) in [6, 6.07) is 16.7. The second-order valence-electron chi connectivity index (χ2n) is 7.65. The Morgan fingerprint density at radius 2 is 1.75 bits per heavy atom. The summed E-state index contributed by atoms with van der Waals surface area (Å²) in [5.74, 6) is -0.273. The third kappa shape index (κ3) is 3.16. The van der Waals surface area contributed by atoms with Crippen molar-refractivity contribution in [1.29, 1.82) is 5.26 Å². The van der Waals surface area contributed by atoms with Gasteiger partial charge in [-0.3, -0.25) is 4.79 Å². The van der Waals surface area contributed by atoms with Crippen molar-refractivity contribution in [2.45, 2.75) is 45.2 Å². The van der Waals surface area contributed by atoms with Crippen molar-refractivity contribution in [3.8, 4) is 6.07 Å². The summed E-state index contributed by atoms with van der Waals surface area (Å²) in [7, 11) is 0. The van der Waals surface area contributed by atoms with E-state index in [0.717, 1.165) is 36.8 Å². The van der Waals surface area contributed by atoms with Crippen molar-refractivity contribution < 1.29 is 9.59 Å². The number of benzene rings is 2. The summed E-state index contributed by atoms with van der Waals surface area (Å²) in [5.41, 5.74) is 3.08. The number of hydrogen-bond acceptors (Lipinski definition) is 3. The first-order chi connectivity index (χ1) is 13.6. The minimum absolute atomic E-state index is 0.0941. The first-order valence-corrected chi connectivity index (χ1v) is 9.79. The third-order valence-electron chi connectivity index (χ3n) is 5.88. The number of carbonyl (C=O) groups excluding carboxylic acids is 2. The van der Waals surface area contributed by atoms with Crippen molar-refractivity contribution in [2.75, 3.05) is 4.90 Å². The van der Waals surface area contributed by atoms with Crippen LogP contribution in [0.3, 0.4) is 0 Å². The average Bonchev–Trinajstić information content (AvgIpc) is 2.73. The standard InChI is InChI=1S/C23H23N3O2/c1-16-10-12-19(13-11-16)26-22(27)20-8-4-5-9-21(20)25(23(26)28)15-18-7-3-2-6-17(18)14-24/h2-3,6-7,10-13,20-21H,4-5,8-9,15H2,1H3. The van der Waals surface area contributed by atoms with Crippen molar-refractivity contribution >= 4 is 17.6 Å². The van der Waals surface area contributed by atoms with Crippen LogP contribution in [0.2, 0.25) is 0 Å². The second-order valence-corrected chi connectivity index (χ2v) is 7.65. The van der Waals surface area contributed by atoms with E-state index in [-0.39, 0.29) is 23.9 Å². The van der Waals surface area contributed by atoms with Crippen molar-refractivity contribution in [3.05, 3.63) is 65.2 Å². The first-order valence-electron chi connectivity index (χ1n) is 9.79. The Labute approximate surface area is 165 Å². The molecule has 2 aliphatic rings. The van der Waals surface area contributed by atoms with Gasteiger partial charge >= 0.3 is 6.03 Å². The van der Waals surface area contributed by atoms with Crippen LogP contribution < -0.4 is 4.90 Å². The van der Waals surface area contributed by atoms with Gasteiger partial charge in [0.1, 0.15) is 0 Å². The van der Waals surface area contributed by atoms with Gasteiger partial charge in [-0.25, -0.2) is 9.69 Å². The van der Waals surface area contributed by atoms with Crippen LogP contribution in [-0.2, 0) is 11.3 Å². The van der Waals surface area contributed by atoms with Gasteiger partial charge in [0.15, 0.2) is 0 Å². The topological polar surface area (TPSA) is 64.4 Å². The molecule has 0 spiro atoms. The predicted molar refractivity (Wildman–Crippen MR) is 107 cm³/mol. The van der Waals surface area contributed by atoms with Gasteiger partial charge in [-0.1, -0.05) is 48.7 Å². The highest BCUT2D eigenvalue weighted by atomic mass is 16.2. The monoisotopic (exact) mass is 373 g/mol. The molecule has 2 aromatic rings. The number of aryl methyl sites for hydroxylation is 1. The number of hydrogen-bond donors (Lipinski definition) is 0. The largest absolute Gasteiger partial charge is 0.331 e. The van der Waals surface area contributed by atoms with E-state index in [1.54, 1.807) is 11.0 Å². The molecule has 4 rings (SSSR count). The summed E-state index contributed by atoms with van der Waals surface area (Å²) in [5, 5.41) is 9.43. The molecule has 0 bridgehead atoms. The Bertz CT molecular complexity index is 945. The van der Waals surface area contributed by atoms with Crippen molar-refractivity contribution in [1.82, 2.24) is 4.90 Å². The molecule has 1 aliphatic heterocycles. The number of amides is 3. The number of nitriles is 1. The Morgan fingerprint density at radius 3 is 2.50 bits per heavy atom. The van der Waals surface area contributed by atoms with Gasteiger partial charge in [0.05, 0.1) is 23.2 Å². The van der Waals surface area contributed by atoms with E-state index < -0.39 is 0 Å². The summed E-state index contributed by atoms with van der Waals surface area (Å²) in [6.45, 7) is 2.32. The molecule has 2 fully saturated rings. The van der Waals surface area contributed by atoms with Gasteiger partial charge in [0.25, 0.3) is 0 Å². The highest BCUT2D eigenvalue weighted by molar-refractivity contribution is 6.17. The lowest BCUT2D eigenvalue weighted by Crippen LogP contribution is -2.62. The van der Waals surface area contributed by atoms with Gasteiger partial charge in [0.2, 0.25) is 5.91 Å². The molecule has 1 saturated heterocycles. The predicted octanol–water partition coefficient (Wildman–Crippen LogP) is 4.39. The molecule has 0 N–H and O–H groups in total. The molecule has 2 atom stereocenters. The Kier molecular flexibility index (Phi) is 4.87. The summed E-state index contributed by atoms with van der Waals surface area (Å²) < 4.78 is 0. The number of carbonyl (C=O) groups is 2. The van der Waals surface area contributed by atoms with Gasteiger partial charge in [0, 0.05) is 12.6 Å². The summed E-state index contributed by atoms with van der Waals surface area (Å²) in [6.07, 6.45) is 3.66. The van der Waals surface area contributed by atoms with E-state index in [1.165, 1.54) is 4.90 Å². The number of imide groups is 1. The van der Waals surface area contributed by atoms with Crippen LogP contribution in [0.15, 0.2) is 48.5 Å². The zero-order valence-electron chi connectivity index (χ0n) is 16.0. The Hall–Kier alpha value is -3.13. The van der Waals surface area contributed by atoms with E-state index in [9.17, 15) is 14.9 Å². The Morgan fingerprint density at radius 1 is 1.04 bits per heavy atom. The lowest BCUT2D eigenvalue weighted by molar-refractivity contribution is -0.126. The molecule has 3 amide bonds. The highest BCUT2D eigenvalue weighted by Crippen LogP contribution is 2.37. The molecular weight excluding hydrogens is 350 g/mol. The minimum Gasteiger partial charge on any atom is -0.316 e. The number of anilines is 1. The van der Waals surface area contributed by atoms with E-state index in [1.807, 2.05) is 49.4 Å². The van der Waals surface area contributed by atoms with Gasteiger partial charge in [-0.15, -0.1) is 0 Å². The van der Waals surface area contributed by atoms with Gasteiger partial charge in [-0.05, 0) is 43.5 Å². The van der Waals surface area contributed by atoms with Crippen LogP contribution in [0.5, 0.6) is 0 Å². The number of fused-ring (bicyclic) bond motifs is 1. The van der Waals surface area contributed by atoms with Crippen LogP contribution in [-0.4, -0.2) is 22.9 Å². The van der Waals surface area contributed by atoms with Crippen LogP contribution in [0.4, 0.5) is 10.5 Å². The van der Waals surface area contributed by atoms with Crippen LogP contribution in [0.1, 0.15) is 42.4 Å². The molecule has 1 heterocycles. The molecule has 28 heavy (non-hydrogen) atoms. The molecule has 1 aliphatic carbocycles. The van der Waals surface area contributed by atoms with Crippen molar-refractivity contribution in [2.24, 2.45) is 5.92 Å². The molecule has 0 radical (unpaired) electrons. The zero-order chi connectivity index (χ0) is 19.7. The maximum absolute atomic E-state index is 13.4. The summed E-state index contributed by atoms with van der Waals surface area (Å²) in [4.78, 5) is 29.8. The fourth-order valence-electron chi connectivity index (χ4n) is 4.37. The molecule has 2 unspecified atom stereocenters. The van der Waals surface area contributed by atoms with Crippen LogP contribution >= 0.6 is 0 Å². The Balaban J connectivity index is 1.73. The maximum Gasteiger partial charge on any atom is 0.331 e. The van der Waals surface area contributed by atoms with Gasteiger partial charge < -0.3 is 4.90 Å². The van der Waals surface area contributed by atoms with Crippen molar-refractivity contribution in [3.63, 3.8) is 0 Å². The molecule has 0 aromatic heterocycles. The molecule has 2 aromatic carbocycles. The minimum atomic E-state index is -0.287. The molecule has 142 valence electrons. The zero-order valence-corrected chi connectivity index (χ0v) is 16.0. The lowest BCUT2D eigenvalue weighted by Gasteiger charge is -2.46. The SMILES string of the molecule is Cc1ccc(N2C(=O)C3CCCCC3N(Cc3ccccc3C#N)C2=O)cc1. The number of urea groups is 1. The van der Waals surface area contributed by atoms with Crippen LogP contribution in [0, 0.1) is 24.2 Å². The normalized spacial score (nSPS) is 22.0. The molecular formula is C23H23N3O2. The van der Waals surface area contributed by atoms with Gasteiger partial charge in [-0.2, -0.15) is 5.26 Å². The average molecular weight is 373 g/mol. The fraction of sp³-hybridized carbons (Fsp3) is 0.348. The third-order valence-corrected chi connectivity index (χ3v) is 5.88. The van der Waals surface area contributed by atoms with E-state index in [0.29, 0.717) is 17.8 Å². The quantitative estimate of drug-likeness (QED) is 0.801. The van der Waals surface area contributed by atoms with E-state index >= 15 is 0 Å². The fourth-order valence-corrected chi connectivity index (χ4v) is 4.37. The second kappa shape index (κ2) is 7.47. The highest BCUT2D eigenvalue weighted by Gasteiger charge is 2.47.